The summed E-state index contributed by atoms with van der Waals surface area (Å²) >= 11 is 0. The smallest absolute Gasteiger partial charge is 0.269 e. The average Bonchev–Trinajstić information content (AvgIpc) is 2.68. The second kappa shape index (κ2) is 5.71. The van der Waals surface area contributed by atoms with Crippen LogP contribution in [0, 0.1) is 10.1 Å². The van der Waals surface area contributed by atoms with Crippen molar-refractivity contribution in [3.8, 4) is 5.75 Å². The van der Waals surface area contributed by atoms with Gasteiger partial charge in [-0.2, -0.15) is 0 Å². The topological polar surface area (TPSA) is 122 Å². The highest BCUT2D eigenvalue weighted by atomic mass is 16.7. The van der Waals surface area contributed by atoms with E-state index in [4.69, 9.17) is 9.47 Å². The van der Waals surface area contributed by atoms with Gasteiger partial charge < -0.3 is 24.8 Å². The molecule has 1 aliphatic heterocycles. The Hall–Kier alpha value is -1.74. The summed E-state index contributed by atoms with van der Waals surface area (Å²) in [4.78, 5) is 9.97. The first-order valence-corrected chi connectivity index (χ1v) is 6.01. The molecule has 1 saturated heterocycles. The number of aliphatic hydroxyl groups is 3. The Morgan fingerprint density at radius 2 is 1.90 bits per heavy atom. The number of ether oxygens (including phenoxy) is 2. The van der Waals surface area contributed by atoms with E-state index >= 15 is 0 Å². The van der Waals surface area contributed by atoms with Crippen LogP contribution in [0.3, 0.4) is 0 Å². The fourth-order valence-electron chi connectivity index (χ4n) is 1.95. The van der Waals surface area contributed by atoms with Gasteiger partial charge in [0.2, 0.25) is 6.29 Å². The highest BCUT2D eigenvalue weighted by molar-refractivity contribution is 5.36. The van der Waals surface area contributed by atoms with Crippen molar-refractivity contribution in [3.63, 3.8) is 0 Å². The van der Waals surface area contributed by atoms with Crippen molar-refractivity contribution in [2.24, 2.45) is 0 Å². The van der Waals surface area contributed by atoms with E-state index in [-0.39, 0.29) is 11.4 Å². The van der Waals surface area contributed by atoms with Crippen LogP contribution >= 0.6 is 0 Å². The molecule has 8 nitrogen and oxygen atoms in total. The van der Waals surface area contributed by atoms with Gasteiger partial charge in [-0.25, -0.2) is 0 Å². The van der Waals surface area contributed by atoms with Gasteiger partial charge in [0, 0.05) is 12.1 Å². The van der Waals surface area contributed by atoms with Gasteiger partial charge in [0.15, 0.2) is 0 Å². The number of rotatable bonds is 4. The molecule has 0 unspecified atom stereocenters. The fourth-order valence-corrected chi connectivity index (χ4v) is 1.95. The van der Waals surface area contributed by atoms with E-state index in [0.717, 1.165) is 0 Å². The van der Waals surface area contributed by atoms with Gasteiger partial charge >= 0.3 is 0 Å². The van der Waals surface area contributed by atoms with Gasteiger partial charge in [-0.15, -0.1) is 0 Å². The maximum Gasteiger partial charge on any atom is 0.269 e. The number of aliphatic hydroxyl groups excluding tert-OH is 3. The molecule has 1 fully saturated rings. The summed E-state index contributed by atoms with van der Waals surface area (Å²) in [5.74, 6) is 0.248. The van der Waals surface area contributed by atoms with Crippen LogP contribution in [0.15, 0.2) is 24.3 Å². The van der Waals surface area contributed by atoms with Crippen molar-refractivity contribution < 1.29 is 29.7 Å². The zero-order chi connectivity index (χ0) is 14.9. The minimum Gasteiger partial charge on any atom is -0.462 e. The molecule has 5 atom stereocenters. The van der Waals surface area contributed by atoms with Crippen LogP contribution in [-0.2, 0) is 4.74 Å². The first kappa shape index (κ1) is 14.7. The Morgan fingerprint density at radius 1 is 1.30 bits per heavy atom. The molecule has 0 radical (unpaired) electrons. The number of nitro benzene ring substituents is 1. The number of hydrogen-bond donors (Lipinski definition) is 3. The van der Waals surface area contributed by atoms with Gasteiger partial charge in [0.1, 0.15) is 24.1 Å². The van der Waals surface area contributed by atoms with Crippen molar-refractivity contribution in [2.45, 2.75) is 37.6 Å². The van der Waals surface area contributed by atoms with Crippen LogP contribution in [0.25, 0.3) is 0 Å². The summed E-state index contributed by atoms with van der Waals surface area (Å²) in [7, 11) is 0. The molecule has 1 aliphatic rings. The highest BCUT2D eigenvalue weighted by Gasteiger charge is 2.46. The molecule has 20 heavy (non-hydrogen) atoms. The van der Waals surface area contributed by atoms with Crippen molar-refractivity contribution in [1.82, 2.24) is 0 Å². The maximum atomic E-state index is 10.5. The number of benzene rings is 1. The summed E-state index contributed by atoms with van der Waals surface area (Å²) in [6, 6.07) is 5.21. The number of non-ortho nitro benzene ring substituents is 1. The van der Waals surface area contributed by atoms with Crippen LogP contribution in [0.1, 0.15) is 6.92 Å². The number of hydrogen-bond acceptors (Lipinski definition) is 7. The second-order valence-corrected chi connectivity index (χ2v) is 4.56. The van der Waals surface area contributed by atoms with Crippen LogP contribution in [-0.4, -0.2) is 50.9 Å². The van der Waals surface area contributed by atoms with E-state index in [9.17, 15) is 25.4 Å². The number of nitro groups is 1. The van der Waals surface area contributed by atoms with Gasteiger partial charge in [-0.3, -0.25) is 10.1 Å². The highest BCUT2D eigenvalue weighted by Crippen LogP contribution is 2.27. The van der Waals surface area contributed by atoms with Gasteiger partial charge in [0.05, 0.1) is 11.0 Å². The summed E-state index contributed by atoms with van der Waals surface area (Å²) in [6.07, 6.45) is -5.65. The summed E-state index contributed by atoms with van der Waals surface area (Å²) in [5.41, 5.74) is -0.0906. The minimum absolute atomic E-state index is 0.0906. The lowest BCUT2D eigenvalue weighted by Gasteiger charge is -2.17. The second-order valence-electron chi connectivity index (χ2n) is 4.56. The van der Waals surface area contributed by atoms with Crippen molar-refractivity contribution >= 4 is 5.69 Å². The van der Waals surface area contributed by atoms with Gasteiger partial charge in [-0.05, 0) is 19.1 Å². The molecule has 0 amide bonds. The summed E-state index contributed by atoms with van der Waals surface area (Å²) < 4.78 is 10.5. The van der Waals surface area contributed by atoms with Crippen molar-refractivity contribution in [2.75, 3.05) is 0 Å². The van der Waals surface area contributed by atoms with E-state index in [0.29, 0.717) is 0 Å². The van der Waals surface area contributed by atoms with Gasteiger partial charge in [-0.1, -0.05) is 0 Å². The SMILES string of the molecule is C[C@@H](O)[C@@H]1O[C@@H](Oc2ccc([N+](=O)[O-])cc2)[C@H](O)[C@H]1O. The molecular formula is C12H15NO7. The predicted octanol–water partition coefficient (Wildman–Crippen LogP) is -0.199. The quantitative estimate of drug-likeness (QED) is 0.517. The van der Waals surface area contributed by atoms with Crippen molar-refractivity contribution in [1.29, 1.82) is 0 Å². The molecule has 110 valence electrons. The Labute approximate surface area is 114 Å². The first-order chi connectivity index (χ1) is 9.40. The van der Waals surface area contributed by atoms with E-state index in [2.05, 4.69) is 0 Å². The summed E-state index contributed by atoms with van der Waals surface area (Å²) in [6.45, 7) is 1.43. The molecule has 0 bridgehead atoms. The normalized spacial score (nSPS) is 31.0. The third-order valence-electron chi connectivity index (χ3n) is 3.03. The molecule has 8 heteroatoms. The molecule has 0 spiro atoms. The van der Waals surface area contributed by atoms with E-state index in [1.807, 2.05) is 0 Å². The minimum atomic E-state index is -1.32. The zero-order valence-electron chi connectivity index (χ0n) is 10.6. The largest absolute Gasteiger partial charge is 0.462 e. The van der Waals surface area contributed by atoms with Crippen LogP contribution in [0.4, 0.5) is 5.69 Å². The summed E-state index contributed by atoms with van der Waals surface area (Å²) in [5, 5.41) is 39.4. The third kappa shape index (κ3) is 2.88. The number of nitrogens with zero attached hydrogens (tertiary/aromatic N) is 1. The molecule has 3 N–H and O–H groups in total. The molecule has 1 heterocycles. The Bertz CT molecular complexity index is 475. The van der Waals surface area contributed by atoms with E-state index < -0.39 is 35.6 Å². The average molecular weight is 285 g/mol. The van der Waals surface area contributed by atoms with E-state index in [1.165, 1.54) is 31.2 Å². The van der Waals surface area contributed by atoms with Crippen LogP contribution in [0.5, 0.6) is 5.75 Å². The van der Waals surface area contributed by atoms with Gasteiger partial charge in [0.25, 0.3) is 5.69 Å². The van der Waals surface area contributed by atoms with Crippen LogP contribution in [0.2, 0.25) is 0 Å². The zero-order valence-corrected chi connectivity index (χ0v) is 10.6. The molecule has 0 aliphatic carbocycles. The Kier molecular flexibility index (Phi) is 4.19. The lowest BCUT2D eigenvalue weighted by atomic mass is 10.1. The fraction of sp³-hybridized carbons (Fsp3) is 0.500. The molecule has 2 rings (SSSR count). The molecular weight excluding hydrogens is 270 g/mol. The van der Waals surface area contributed by atoms with Crippen LogP contribution < -0.4 is 4.74 Å². The molecule has 1 aromatic carbocycles. The maximum absolute atomic E-state index is 10.5. The predicted molar refractivity (Wildman–Crippen MR) is 66.1 cm³/mol. The monoisotopic (exact) mass is 285 g/mol. The molecule has 0 aromatic heterocycles. The van der Waals surface area contributed by atoms with E-state index in [1.54, 1.807) is 0 Å². The Morgan fingerprint density at radius 3 is 2.35 bits per heavy atom. The van der Waals surface area contributed by atoms with Crippen molar-refractivity contribution in [3.05, 3.63) is 34.4 Å². The molecule has 1 aromatic rings. The third-order valence-corrected chi connectivity index (χ3v) is 3.03. The standard InChI is InChI=1S/C12H15NO7/c1-6(14)11-9(15)10(16)12(20-11)19-8-4-2-7(3-5-8)13(17)18/h2-6,9-12,14-16H,1H3/t6-,9-,10-,11+,12-/m1/s1. The lowest BCUT2D eigenvalue weighted by molar-refractivity contribution is -0.384. The first-order valence-electron chi connectivity index (χ1n) is 6.01. The Balaban J connectivity index is 2.05. The lowest BCUT2D eigenvalue weighted by Crippen LogP contribution is -2.38. The molecule has 0 saturated carbocycles.